The largest absolute Gasteiger partial charge is 0.573 e. The predicted octanol–water partition coefficient (Wildman–Crippen LogP) is 7.01. The molecule has 0 N–H and O–H groups in total. The van der Waals surface area contributed by atoms with E-state index in [4.69, 9.17) is 9.47 Å². The summed E-state index contributed by atoms with van der Waals surface area (Å²) in [6.07, 6.45) is -4.66. The van der Waals surface area contributed by atoms with Crippen LogP contribution in [0.25, 0.3) is 10.8 Å². The lowest BCUT2D eigenvalue weighted by atomic mass is 9.98. The summed E-state index contributed by atoms with van der Waals surface area (Å²) in [6, 6.07) is 9.97. The van der Waals surface area contributed by atoms with Gasteiger partial charge in [0.1, 0.15) is 5.82 Å². The van der Waals surface area contributed by atoms with Gasteiger partial charge in [0.15, 0.2) is 17.9 Å². The highest BCUT2D eigenvalue weighted by Gasteiger charge is 2.34. The fraction of sp³-hybridized carbons (Fsp3) is 0.360. The molecule has 0 atom stereocenters. The smallest absolute Gasteiger partial charge is 0.399 e. The Bertz CT molecular complexity index is 1150. The van der Waals surface area contributed by atoms with Crippen molar-refractivity contribution in [2.24, 2.45) is 5.92 Å². The molecule has 0 bridgehead atoms. The molecule has 3 aromatic carbocycles. The summed E-state index contributed by atoms with van der Waals surface area (Å²) in [5, 5.41) is 1.02. The van der Waals surface area contributed by atoms with Crippen molar-refractivity contribution in [1.82, 2.24) is 0 Å². The lowest BCUT2D eigenvalue weighted by Gasteiger charge is -2.29. The number of ether oxygens (including phenoxy) is 3. The molecule has 0 unspecified atom stereocenters. The van der Waals surface area contributed by atoms with Gasteiger partial charge in [0, 0.05) is 16.9 Å². The molecule has 1 aliphatic rings. The lowest BCUT2D eigenvalue weighted by Crippen LogP contribution is -2.26. The Morgan fingerprint density at radius 1 is 0.912 bits per heavy atom. The average molecular weight is 484 g/mol. The molecule has 182 valence electrons. The van der Waals surface area contributed by atoms with Crippen LogP contribution in [-0.2, 0) is 22.3 Å². The first-order valence-corrected chi connectivity index (χ1v) is 10.8. The summed E-state index contributed by atoms with van der Waals surface area (Å²) >= 11 is 0. The number of aryl methyl sites for hydroxylation is 2. The number of fused-ring (bicyclic) bond motifs is 1. The van der Waals surface area contributed by atoms with Crippen LogP contribution in [0.5, 0.6) is 5.75 Å². The van der Waals surface area contributed by atoms with Crippen molar-refractivity contribution in [2.75, 3.05) is 13.2 Å². The summed E-state index contributed by atoms with van der Waals surface area (Å²) in [4.78, 5) is 0. The van der Waals surface area contributed by atoms with Crippen LogP contribution < -0.4 is 4.74 Å². The second kappa shape index (κ2) is 9.84. The molecular formula is C25H22F6O3. The second-order valence-corrected chi connectivity index (χ2v) is 8.23. The molecule has 3 nitrogen and oxygen atoms in total. The molecule has 0 aliphatic carbocycles. The van der Waals surface area contributed by atoms with E-state index in [-0.39, 0.29) is 18.4 Å². The van der Waals surface area contributed by atoms with Crippen molar-refractivity contribution in [2.45, 2.75) is 38.8 Å². The zero-order valence-electron chi connectivity index (χ0n) is 18.2. The molecule has 0 amide bonds. The van der Waals surface area contributed by atoms with E-state index >= 15 is 4.39 Å². The normalized spacial score (nSPS) is 18.9. The minimum Gasteiger partial charge on any atom is -0.399 e. The maximum Gasteiger partial charge on any atom is 0.573 e. The first kappa shape index (κ1) is 24.3. The van der Waals surface area contributed by atoms with Gasteiger partial charge in [-0.1, -0.05) is 31.2 Å². The van der Waals surface area contributed by atoms with Crippen LogP contribution in [0.1, 0.15) is 36.3 Å². The van der Waals surface area contributed by atoms with Gasteiger partial charge in [-0.15, -0.1) is 13.2 Å². The Kier molecular flexibility index (Phi) is 7.04. The maximum atomic E-state index is 15.1. The SMILES string of the molecule is CCC1COC(c2ccc3c(F)c(CCc4cc(F)c(OC(F)(F)F)c(F)c4)ccc3c2)OC1. The molecule has 4 rings (SSSR count). The van der Waals surface area contributed by atoms with E-state index in [1.54, 1.807) is 30.3 Å². The minimum atomic E-state index is -5.22. The number of hydrogen-bond donors (Lipinski definition) is 0. The van der Waals surface area contributed by atoms with Gasteiger partial charge in [-0.05, 0) is 54.0 Å². The van der Waals surface area contributed by atoms with Gasteiger partial charge in [-0.3, -0.25) is 0 Å². The van der Waals surface area contributed by atoms with Gasteiger partial charge in [0.05, 0.1) is 13.2 Å². The number of rotatable bonds is 6. The molecule has 34 heavy (non-hydrogen) atoms. The van der Waals surface area contributed by atoms with Gasteiger partial charge < -0.3 is 14.2 Å². The van der Waals surface area contributed by atoms with E-state index in [1.165, 1.54) is 0 Å². The van der Waals surface area contributed by atoms with Gasteiger partial charge in [-0.2, -0.15) is 0 Å². The van der Waals surface area contributed by atoms with Gasteiger partial charge >= 0.3 is 6.36 Å². The van der Waals surface area contributed by atoms with Crippen LogP contribution in [0, 0.1) is 23.4 Å². The van der Waals surface area contributed by atoms with E-state index in [9.17, 15) is 22.0 Å². The predicted molar refractivity (Wildman–Crippen MR) is 113 cm³/mol. The van der Waals surface area contributed by atoms with E-state index in [1.807, 2.05) is 0 Å². The summed E-state index contributed by atoms with van der Waals surface area (Å²) in [7, 11) is 0. The van der Waals surface area contributed by atoms with Crippen molar-refractivity contribution < 1.29 is 40.6 Å². The van der Waals surface area contributed by atoms with Gasteiger partial charge in [0.25, 0.3) is 0 Å². The molecule has 0 saturated carbocycles. The number of hydrogen-bond acceptors (Lipinski definition) is 3. The topological polar surface area (TPSA) is 27.7 Å². The van der Waals surface area contributed by atoms with Gasteiger partial charge in [-0.25, -0.2) is 13.2 Å². The maximum absolute atomic E-state index is 15.1. The highest BCUT2D eigenvalue weighted by Crippen LogP contribution is 2.32. The molecular weight excluding hydrogens is 462 g/mol. The highest BCUT2D eigenvalue weighted by molar-refractivity contribution is 5.84. The van der Waals surface area contributed by atoms with Crippen LogP contribution in [0.4, 0.5) is 26.3 Å². The highest BCUT2D eigenvalue weighted by atomic mass is 19.4. The molecule has 1 saturated heterocycles. The fourth-order valence-corrected chi connectivity index (χ4v) is 3.92. The Hall–Kier alpha value is -2.78. The Morgan fingerprint density at radius 2 is 1.59 bits per heavy atom. The average Bonchev–Trinajstić information content (AvgIpc) is 2.80. The monoisotopic (exact) mass is 484 g/mol. The summed E-state index contributed by atoms with van der Waals surface area (Å²) in [5.41, 5.74) is 1.17. The third kappa shape index (κ3) is 5.47. The minimum absolute atomic E-state index is 0.0169. The molecule has 1 fully saturated rings. The molecule has 0 spiro atoms. The van der Waals surface area contributed by atoms with Crippen LogP contribution in [0.15, 0.2) is 42.5 Å². The third-order valence-electron chi connectivity index (χ3n) is 5.83. The van der Waals surface area contributed by atoms with Gasteiger partial charge in [0.2, 0.25) is 5.75 Å². The van der Waals surface area contributed by atoms with E-state index in [0.29, 0.717) is 35.5 Å². The summed E-state index contributed by atoms with van der Waals surface area (Å²) < 4.78 is 94.7. The van der Waals surface area contributed by atoms with Crippen molar-refractivity contribution in [3.63, 3.8) is 0 Å². The summed E-state index contributed by atoms with van der Waals surface area (Å²) in [6.45, 7) is 3.26. The zero-order chi connectivity index (χ0) is 24.5. The quantitative estimate of drug-likeness (QED) is 0.352. The zero-order valence-corrected chi connectivity index (χ0v) is 18.2. The van der Waals surface area contributed by atoms with Crippen LogP contribution >= 0.6 is 0 Å². The fourth-order valence-electron chi connectivity index (χ4n) is 3.92. The molecule has 1 heterocycles. The van der Waals surface area contributed by atoms with Crippen LogP contribution in [0.2, 0.25) is 0 Å². The molecule has 0 radical (unpaired) electrons. The second-order valence-electron chi connectivity index (χ2n) is 8.23. The lowest BCUT2D eigenvalue weighted by molar-refractivity contribution is -0.276. The van der Waals surface area contributed by atoms with E-state index in [2.05, 4.69) is 11.7 Å². The molecule has 0 aromatic heterocycles. The van der Waals surface area contributed by atoms with Crippen LogP contribution in [-0.4, -0.2) is 19.6 Å². The Balaban J connectivity index is 1.48. The van der Waals surface area contributed by atoms with Crippen molar-refractivity contribution in [3.05, 3.63) is 76.6 Å². The standard InChI is InChI=1S/C25H22F6O3/c1-2-14-12-32-24(33-13-14)18-7-8-19-17(11-18)6-5-16(22(19)28)4-3-15-9-20(26)23(21(27)10-15)34-25(29,30)31/h5-11,14,24H,2-4,12-13H2,1H3. The van der Waals surface area contributed by atoms with Crippen molar-refractivity contribution >= 4 is 10.8 Å². The Morgan fingerprint density at radius 3 is 2.21 bits per heavy atom. The molecule has 3 aromatic rings. The molecule has 1 aliphatic heterocycles. The number of alkyl halides is 3. The number of benzene rings is 3. The van der Waals surface area contributed by atoms with Crippen molar-refractivity contribution in [1.29, 1.82) is 0 Å². The summed E-state index contributed by atoms with van der Waals surface area (Å²) in [5.74, 6) is -4.59. The van der Waals surface area contributed by atoms with Crippen molar-refractivity contribution in [3.8, 4) is 5.75 Å². The van der Waals surface area contributed by atoms with E-state index in [0.717, 1.165) is 24.1 Å². The first-order chi connectivity index (χ1) is 16.1. The van der Waals surface area contributed by atoms with E-state index < -0.39 is 35.9 Å². The van der Waals surface area contributed by atoms with Crippen LogP contribution in [0.3, 0.4) is 0 Å². The third-order valence-corrected chi connectivity index (χ3v) is 5.83. The number of halogens is 6. The molecule has 9 heteroatoms. The Labute approximate surface area is 192 Å². The first-order valence-electron chi connectivity index (χ1n) is 10.8.